The predicted molar refractivity (Wildman–Crippen MR) is 70.6 cm³/mol. The summed E-state index contributed by atoms with van der Waals surface area (Å²) < 4.78 is 28.6. The van der Waals surface area contributed by atoms with Crippen LogP contribution in [0.1, 0.15) is 11.4 Å². The number of hydrogen-bond donors (Lipinski definition) is 1. The van der Waals surface area contributed by atoms with Crippen LogP contribution in [-0.2, 0) is 17.1 Å². The van der Waals surface area contributed by atoms with Gasteiger partial charge in [0.2, 0.25) is 0 Å². The summed E-state index contributed by atoms with van der Waals surface area (Å²) in [7, 11) is -1.90. The maximum Gasteiger partial charge on any atom is 0.273 e. The van der Waals surface area contributed by atoms with E-state index in [2.05, 4.69) is 14.8 Å². The second-order valence-electron chi connectivity index (χ2n) is 3.71. The third kappa shape index (κ3) is 2.36. The lowest BCUT2D eigenvalue weighted by Gasteiger charge is -2.05. The van der Waals surface area contributed by atoms with Crippen molar-refractivity contribution >= 4 is 38.6 Å². The Balaban J connectivity index is 2.39. The van der Waals surface area contributed by atoms with E-state index in [0.29, 0.717) is 11.4 Å². The molecule has 6 nitrogen and oxygen atoms in total. The van der Waals surface area contributed by atoms with Crippen LogP contribution >= 0.6 is 22.9 Å². The Morgan fingerprint density at radius 3 is 2.56 bits per heavy atom. The number of thiazole rings is 1. The van der Waals surface area contributed by atoms with Crippen LogP contribution < -0.4 is 4.72 Å². The van der Waals surface area contributed by atoms with E-state index in [1.54, 1.807) is 25.6 Å². The summed E-state index contributed by atoms with van der Waals surface area (Å²) in [5.41, 5.74) is 1.85. The summed E-state index contributed by atoms with van der Waals surface area (Å²) >= 11 is 6.54. The van der Waals surface area contributed by atoms with Crippen LogP contribution in [-0.4, -0.2) is 23.2 Å². The number of aryl methyl sites for hydroxylation is 2. The third-order valence-electron chi connectivity index (χ3n) is 2.47. The lowest BCUT2D eigenvalue weighted by Crippen LogP contribution is -2.12. The Morgan fingerprint density at radius 2 is 2.11 bits per heavy atom. The van der Waals surface area contributed by atoms with Gasteiger partial charge in [0.25, 0.3) is 10.0 Å². The SMILES string of the molecule is Cc1nn(C)c(C)c1NS(=O)(=O)c1cnc(Cl)s1. The van der Waals surface area contributed by atoms with Crippen molar-refractivity contribution in [1.29, 1.82) is 0 Å². The van der Waals surface area contributed by atoms with Crippen LogP contribution in [0.25, 0.3) is 0 Å². The molecule has 0 aliphatic rings. The van der Waals surface area contributed by atoms with Crippen molar-refractivity contribution in [2.45, 2.75) is 18.1 Å². The number of hydrogen-bond acceptors (Lipinski definition) is 5. The van der Waals surface area contributed by atoms with Crippen LogP contribution in [0.5, 0.6) is 0 Å². The van der Waals surface area contributed by atoms with E-state index in [0.717, 1.165) is 17.0 Å². The van der Waals surface area contributed by atoms with Crippen molar-refractivity contribution in [3.05, 3.63) is 22.1 Å². The number of sulfonamides is 1. The highest BCUT2D eigenvalue weighted by Gasteiger charge is 2.21. The Labute approximate surface area is 114 Å². The number of aromatic nitrogens is 3. The first-order chi connectivity index (χ1) is 8.31. The largest absolute Gasteiger partial charge is 0.275 e. The zero-order valence-corrected chi connectivity index (χ0v) is 12.3. The molecule has 1 N–H and O–H groups in total. The average Bonchev–Trinajstić information content (AvgIpc) is 2.80. The van der Waals surface area contributed by atoms with Gasteiger partial charge in [0, 0.05) is 7.05 Å². The Kier molecular flexibility index (Phi) is 3.35. The fourth-order valence-corrected chi connectivity index (χ4v) is 3.94. The zero-order chi connectivity index (χ0) is 13.5. The van der Waals surface area contributed by atoms with Gasteiger partial charge in [-0.2, -0.15) is 5.10 Å². The van der Waals surface area contributed by atoms with Crippen LogP contribution in [0.4, 0.5) is 5.69 Å². The molecular formula is C9H11ClN4O2S2. The van der Waals surface area contributed by atoms with E-state index in [1.165, 1.54) is 6.20 Å². The minimum Gasteiger partial charge on any atom is -0.275 e. The first-order valence-corrected chi connectivity index (χ1v) is 7.63. The predicted octanol–water partition coefficient (Wildman–Crippen LogP) is 1.95. The first-order valence-electron chi connectivity index (χ1n) is 4.95. The quantitative estimate of drug-likeness (QED) is 0.940. The van der Waals surface area contributed by atoms with Gasteiger partial charge in [0.15, 0.2) is 8.68 Å². The highest BCUT2D eigenvalue weighted by molar-refractivity contribution is 7.94. The molecule has 0 bridgehead atoms. The van der Waals surface area contributed by atoms with Crippen molar-refractivity contribution in [2.24, 2.45) is 7.05 Å². The molecule has 0 radical (unpaired) electrons. The fourth-order valence-electron chi connectivity index (χ4n) is 1.47. The molecule has 0 saturated heterocycles. The maximum atomic E-state index is 12.1. The average molecular weight is 307 g/mol. The Hall–Kier alpha value is -1.12. The molecule has 98 valence electrons. The zero-order valence-electron chi connectivity index (χ0n) is 9.93. The van der Waals surface area contributed by atoms with Crippen LogP contribution in [0.2, 0.25) is 4.47 Å². The van der Waals surface area contributed by atoms with Crippen molar-refractivity contribution in [3.8, 4) is 0 Å². The molecule has 18 heavy (non-hydrogen) atoms. The normalized spacial score (nSPS) is 11.8. The smallest absolute Gasteiger partial charge is 0.273 e. The monoisotopic (exact) mass is 306 g/mol. The molecule has 0 fully saturated rings. The van der Waals surface area contributed by atoms with Crippen molar-refractivity contribution < 1.29 is 8.42 Å². The highest BCUT2D eigenvalue weighted by atomic mass is 35.5. The summed E-state index contributed by atoms with van der Waals surface area (Å²) in [6, 6.07) is 0. The first kappa shape index (κ1) is 13.3. The molecule has 2 heterocycles. The van der Waals surface area contributed by atoms with Crippen molar-refractivity contribution in [1.82, 2.24) is 14.8 Å². The molecule has 2 aromatic heterocycles. The second kappa shape index (κ2) is 4.52. The molecule has 0 aliphatic heterocycles. The van der Waals surface area contributed by atoms with Gasteiger partial charge >= 0.3 is 0 Å². The molecular weight excluding hydrogens is 296 g/mol. The topological polar surface area (TPSA) is 76.9 Å². The fraction of sp³-hybridized carbons (Fsp3) is 0.333. The maximum absolute atomic E-state index is 12.1. The molecule has 2 aromatic rings. The van der Waals surface area contributed by atoms with Gasteiger partial charge in [0.05, 0.1) is 23.3 Å². The molecule has 0 saturated carbocycles. The van der Waals surface area contributed by atoms with E-state index in [1.807, 2.05) is 0 Å². The van der Waals surface area contributed by atoms with E-state index in [-0.39, 0.29) is 8.68 Å². The molecule has 0 spiro atoms. The molecule has 0 atom stereocenters. The summed E-state index contributed by atoms with van der Waals surface area (Å²) in [4.78, 5) is 3.72. The van der Waals surface area contributed by atoms with Crippen LogP contribution in [0, 0.1) is 13.8 Å². The van der Waals surface area contributed by atoms with Gasteiger partial charge in [-0.3, -0.25) is 9.40 Å². The lowest BCUT2D eigenvalue weighted by atomic mass is 10.3. The van der Waals surface area contributed by atoms with Gasteiger partial charge in [0.1, 0.15) is 0 Å². The molecule has 0 unspecified atom stereocenters. The third-order valence-corrected chi connectivity index (χ3v) is 5.39. The van der Waals surface area contributed by atoms with Crippen LogP contribution in [0.3, 0.4) is 0 Å². The van der Waals surface area contributed by atoms with E-state index >= 15 is 0 Å². The molecule has 0 aromatic carbocycles. The minimum atomic E-state index is -3.66. The number of rotatable bonds is 3. The number of nitrogens with one attached hydrogen (secondary N) is 1. The Bertz CT molecular complexity index is 689. The van der Waals surface area contributed by atoms with Gasteiger partial charge in [-0.05, 0) is 13.8 Å². The Morgan fingerprint density at radius 1 is 1.44 bits per heavy atom. The lowest BCUT2D eigenvalue weighted by molar-refractivity contribution is 0.603. The summed E-state index contributed by atoms with van der Waals surface area (Å²) in [6.45, 7) is 3.53. The van der Waals surface area contributed by atoms with E-state index in [9.17, 15) is 8.42 Å². The summed E-state index contributed by atoms with van der Waals surface area (Å²) in [5, 5.41) is 4.15. The van der Waals surface area contributed by atoms with E-state index in [4.69, 9.17) is 11.6 Å². The highest BCUT2D eigenvalue weighted by Crippen LogP contribution is 2.27. The van der Waals surface area contributed by atoms with Gasteiger partial charge in [-0.15, -0.1) is 0 Å². The number of nitrogens with zero attached hydrogens (tertiary/aromatic N) is 3. The molecule has 0 amide bonds. The molecule has 2 rings (SSSR count). The molecule has 0 aliphatic carbocycles. The van der Waals surface area contributed by atoms with Gasteiger partial charge < -0.3 is 0 Å². The minimum absolute atomic E-state index is 0.0788. The van der Waals surface area contributed by atoms with E-state index < -0.39 is 10.0 Å². The number of halogens is 1. The van der Waals surface area contributed by atoms with Crippen LogP contribution in [0.15, 0.2) is 10.4 Å². The summed E-state index contributed by atoms with van der Waals surface area (Å²) in [6.07, 6.45) is 1.23. The summed E-state index contributed by atoms with van der Waals surface area (Å²) in [5.74, 6) is 0. The van der Waals surface area contributed by atoms with Gasteiger partial charge in [-0.25, -0.2) is 13.4 Å². The number of anilines is 1. The second-order valence-corrected chi connectivity index (χ2v) is 7.23. The standard InChI is InChI=1S/C9H11ClN4O2S2/c1-5-8(6(2)14(3)12-5)13-18(15,16)7-4-11-9(10)17-7/h4,13H,1-3H3. The van der Waals surface area contributed by atoms with Crippen molar-refractivity contribution in [2.75, 3.05) is 4.72 Å². The molecule has 9 heteroatoms. The van der Waals surface area contributed by atoms with Gasteiger partial charge in [-0.1, -0.05) is 22.9 Å². The van der Waals surface area contributed by atoms with Crippen molar-refractivity contribution in [3.63, 3.8) is 0 Å².